The number of hydrogen-bond acceptors (Lipinski definition) is 5. The second-order valence-corrected chi connectivity index (χ2v) is 2.51. The summed E-state index contributed by atoms with van der Waals surface area (Å²) in [5.41, 5.74) is 1.27. The van der Waals surface area contributed by atoms with Crippen molar-refractivity contribution in [2.24, 2.45) is 0 Å². The predicted octanol–water partition coefficient (Wildman–Crippen LogP) is -0.0411. The number of rotatable bonds is 2. The van der Waals surface area contributed by atoms with Gasteiger partial charge < -0.3 is 15.3 Å². The van der Waals surface area contributed by atoms with Gasteiger partial charge in [0.25, 0.3) is 0 Å². The summed E-state index contributed by atoms with van der Waals surface area (Å²) in [6.07, 6.45) is 1.45. The van der Waals surface area contributed by atoms with Gasteiger partial charge >= 0.3 is 21.8 Å². The number of aromatic nitrogens is 1. The maximum atomic E-state index is 9.38. The molecule has 0 aliphatic rings. The second kappa shape index (κ2) is 6.70. The minimum atomic E-state index is -0.287. The van der Waals surface area contributed by atoms with Gasteiger partial charge in [-0.05, 0) is 6.92 Å². The summed E-state index contributed by atoms with van der Waals surface area (Å²) < 4.78 is 8.38. The summed E-state index contributed by atoms with van der Waals surface area (Å²) >= 11 is 0.125. The standard InChI is InChI=1S/C8H11NO3.O.Zn/c1-5-8(12)7(4-11)6(3-10)2-9-5;;/h2,10-12H,3-4H2,1H3;;. The molecule has 74 valence electrons. The first-order chi connectivity index (χ1) is 6.70. The van der Waals surface area contributed by atoms with E-state index in [2.05, 4.69) is 4.98 Å². The van der Waals surface area contributed by atoms with Crippen molar-refractivity contribution < 1.29 is 37.1 Å². The third kappa shape index (κ3) is 2.91. The van der Waals surface area contributed by atoms with Gasteiger partial charge in [0.1, 0.15) is 5.75 Å². The Morgan fingerprint density at radius 3 is 2.36 bits per heavy atom. The fourth-order valence-electron chi connectivity index (χ4n) is 0.997. The van der Waals surface area contributed by atoms with Crippen LogP contribution < -0.4 is 0 Å². The van der Waals surface area contributed by atoms with Crippen LogP contribution >= 0.6 is 0 Å². The van der Waals surface area contributed by atoms with Gasteiger partial charge in [-0.2, -0.15) is 0 Å². The number of aryl methyl sites for hydroxylation is 1. The molecule has 1 rings (SSSR count). The van der Waals surface area contributed by atoms with E-state index < -0.39 is 0 Å². The molecule has 0 aliphatic heterocycles. The zero-order valence-corrected chi connectivity index (χ0v) is 10.9. The van der Waals surface area contributed by atoms with Gasteiger partial charge in [-0.3, -0.25) is 4.98 Å². The normalized spacial score (nSPS) is 9.21. The molecule has 0 radical (unpaired) electrons. The molecule has 1 heterocycles. The van der Waals surface area contributed by atoms with E-state index in [0.29, 0.717) is 16.8 Å². The maximum absolute atomic E-state index is 9.38. The molecule has 0 unspecified atom stereocenters. The Bertz CT molecular complexity index is 306. The molecule has 0 atom stereocenters. The van der Waals surface area contributed by atoms with Crippen molar-refractivity contribution >= 4 is 0 Å². The molecule has 1 aromatic heterocycles. The van der Waals surface area contributed by atoms with Crippen molar-refractivity contribution in [2.45, 2.75) is 20.1 Å². The van der Waals surface area contributed by atoms with E-state index in [1.165, 1.54) is 6.20 Å². The average Bonchev–Trinajstić information content (AvgIpc) is 2.24. The van der Waals surface area contributed by atoms with Gasteiger partial charge in [-0.15, -0.1) is 0 Å². The Morgan fingerprint density at radius 2 is 1.93 bits per heavy atom. The number of hydrogen-bond donors (Lipinski definition) is 3. The van der Waals surface area contributed by atoms with E-state index in [-0.39, 0.29) is 37.2 Å². The third-order valence-electron chi connectivity index (χ3n) is 1.76. The molecule has 5 nitrogen and oxygen atoms in total. The first-order valence-corrected chi connectivity index (χ1v) is 5.08. The summed E-state index contributed by atoms with van der Waals surface area (Å²) in [5, 5.41) is 27.0. The number of aromatic hydroxyl groups is 1. The first-order valence-electron chi connectivity index (χ1n) is 3.87. The van der Waals surface area contributed by atoms with Crippen LogP contribution in [0.4, 0.5) is 0 Å². The fourth-order valence-corrected chi connectivity index (χ4v) is 0.997. The molecule has 14 heavy (non-hydrogen) atoms. The zero-order chi connectivity index (χ0) is 11.1. The van der Waals surface area contributed by atoms with Crippen molar-refractivity contribution in [1.29, 1.82) is 0 Å². The van der Waals surface area contributed by atoms with Crippen molar-refractivity contribution in [3.05, 3.63) is 23.0 Å². The predicted molar refractivity (Wildman–Crippen MR) is 43.2 cm³/mol. The molecule has 0 fully saturated rings. The topological polar surface area (TPSA) is 90.7 Å². The van der Waals surface area contributed by atoms with Crippen LogP contribution in [-0.2, 0) is 35.0 Å². The molecule has 1 aromatic rings. The van der Waals surface area contributed by atoms with Gasteiger partial charge in [0.15, 0.2) is 0 Å². The summed E-state index contributed by atoms with van der Waals surface area (Å²) in [4.78, 5) is 3.84. The van der Waals surface area contributed by atoms with Crippen molar-refractivity contribution in [3.8, 4) is 5.75 Å². The third-order valence-corrected chi connectivity index (χ3v) is 1.76. The molecular weight excluding hydrogens is 239 g/mol. The van der Waals surface area contributed by atoms with Crippen LogP contribution in [0.25, 0.3) is 0 Å². The summed E-state index contributed by atoms with van der Waals surface area (Å²) in [6.45, 7) is 1.12. The Labute approximate surface area is 91.4 Å². The van der Waals surface area contributed by atoms with Gasteiger partial charge in [-0.25, -0.2) is 0 Å². The Balaban J connectivity index is 0.000000791. The summed E-state index contributed by atoms with van der Waals surface area (Å²) in [7, 11) is 0. The molecule has 0 aliphatic carbocycles. The molecule has 0 saturated heterocycles. The Morgan fingerprint density at radius 1 is 1.36 bits per heavy atom. The minimum absolute atomic E-state index is 0.0379. The Kier molecular flexibility index (Phi) is 6.37. The van der Waals surface area contributed by atoms with Gasteiger partial charge in [-0.1, -0.05) is 0 Å². The number of aliphatic hydroxyl groups excluding tert-OH is 2. The van der Waals surface area contributed by atoms with Gasteiger partial charge in [0.05, 0.1) is 18.9 Å². The van der Waals surface area contributed by atoms with Crippen LogP contribution in [0.3, 0.4) is 0 Å². The average molecular weight is 251 g/mol. The SMILES string of the molecule is Cc1ncc(CO)c(CO)c1O.[O]=[Zn]. The van der Waals surface area contributed by atoms with E-state index in [1.807, 2.05) is 0 Å². The van der Waals surface area contributed by atoms with E-state index >= 15 is 0 Å². The number of pyridine rings is 1. The molecule has 6 heteroatoms. The zero-order valence-electron chi connectivity index (χ0n) is 7.90. The van der Waals surface area contributed by atoms with Gasteiger partial charge in [0, 0.05) is 17.3 Å². The molecule has 0 spiro atoms. The van der Waals surface area contributed by atoms with E-state index in [4.69, 9.17) is 13.8 Å². The van der Waals surface area contributed by atoms with Crippen LogP contribution in [0.2, 0.25) is 0 Å². The van der Waals surface area contributed by atoms with Crippen molar-refractivity contribution in [3.63, 3.8) is 0 Å². The van der Waals surface area contributed by atoms with Crippen LogP contribution in [0.1, 0.15) is 16.8 Å². The molecule has 3 N–H and O–H groups in total. The molecule has 0 amide bonds. The Hall–Kier alpha value is -0.707. The second-order valence-electron chi connectivity index (χ2n) is 2.51. The van der Waals surface area contributed by atoms with E-state index in [0.717, 1.165) is 0 Å². The van der Waals surface area contributed by atoms with Crippen LogP contribution in [0, 0.1) is 6.92 Å². The number of nitrogens with zero attached hydrogens (tertiary/aromatic N) is 1. The quantitative estimate of drug-likeness (QED) is 0.641. The summed E-state index contributed by atoms with van der Waals surface area (Å²) in [5.74, 6) is -0.0379. The molecular formula is C8H11NO4Zn. The van der Waals surface area contributed by atoms with Crippen molar-refractivity contribution in [1.82, 2.24) is 4.98 Å². The van der Waals surface area contributed by atoms with Gasteiger partial charge in [0.2, 0.25) is 0 Å². The van der Waals surface area contributed by atoms with Crippen molar-refractivity contribution in [2.75, 3.05) is 0 Å². The van der Waals surface area contributed by atoms with Crippen LogP contribution in [0.5, 0.6) is 5.75 Å². The molecule has 0 saturated carbocycles. The van der Waals surface area contributed by atoms with E-state index in [1.54, 1.807) is 6.92 Å². The van der Waals surface area contributed by atoms with E-state index in [9.17, 15) is 5.11 Å². The molecule has 0 aromatic carbocycles. The van der Waals surface area contributed by atoms with Crippen LogP contribution in [0.15, 0.2) is 6.20 Å². The van der Waals surface area contributed by atoms with Crippen LogP contribution in [-0.4, -0.2) is 20.3 Å². The summed E-state index contributed by atoms with van der Waals surface area (Å²) in [6, 6.07) is 0. The fraction of sp³-hybridized carbons (Fsp3) is 0.375. The number of aliphatic hydroxyl groups is 2. The first kappa shape index (κ1) is 13.3. The molecule has 0 bridgehead atoms. The monoisotopic (exact) mass is 249 g/mol.